The number of carbonyl (C=O) groups is 3. The Labute approximate surface area is 143 Å². The van der Waals surface area contributed by atoms with Crippen molar-refractivity contribution in [2.75, 3.05) is 0 Å². The van der Waals surface area contributed by atoms with E-state index in [-0.39, 0.29) is 22.6 Å². The molecule has 2 heterocycles. The molecule has 2 amide bonds. The number of amides is 2. The first kappa shape index (κ1) is 15.6. The highest BCUT2D eigenvalue weighted by Crippen LogP contribution is 2.33. The first-order chi connectivity index (χ1) is 12.2. The number of carbonyl (C=O) groups excluding carboxylic acids is 3. The van der Waals surface area contributed by atoms with Gasteiger partial charge in [0.15, 0.2) is 0 Å². The van der Waals surface area contributed by atoms with Crippen molar-refractivity contribution in [3.05, 3.63) is 52.8 Å². The monoisotopic (exact) mass is 339 g/mol. The van der Waals surface area contributed by atoms with Gasteiger partial charge in [-0.15, -0.1) is 0 Å². The van der Waals surface area contributed by atoms with Gasteiger partial charge < -0.3 is 4.84 Å². The van der Waals surface area contributed by atoms with Crippen LogP contribution in [0.3, 0.4) is 0 Å². The van der Waals surface area contributed by atoms with Crippen molar-refractivity contribution in [1.82, 2.24) is 15.3 Å². The van der Waals surface area contributed by atoms with Crippen LogP contribution in [0.4, 0.5) is 0 Å². The summed E-state index contributed by atoms with van der Waals surface area (Å²) in [6, 6.07) is 6.39. The lowest BCUT2D eigenvalue weighted by Gasteiger charge is -2.21. The zero-order valence-electron chi connectivity index (χ0n) is 13.5. The molecule has 1 aromatic carbocycles. The van der Waals surface area contributed by atoms with Gasteiger partial charge in [0.2, 0.25) is 0 Å². The molecule has 25 heavy (non-hydrogen) atoms. The van der Waals surface area contributed by atoms with Gasteiger partial charge in [0, 0.05) is 5.92 Å². The van der Waals surface area contributed by atoms with Crippen LogP contribution in [-0.4, -0.2) is 33.0 Å². The fourth-order valence-corrected chi connectivity index (χ4v) is 3.54. The Morgan fingerprint density at radius 2 is 1.72 bits per heavy atom. The minimum absolute atomic E-state index is 0.223. The second kappa shape index (κ2) is 6.16. The SMILES string of the molecule is O=C(ON1C(=O)c2ccccc2C1=O)c1cn[nH]c1C1CCCCC1. The smallest absolute Gasteiger partial charge is 0.324 e. The minimum atomic E-state index is -0.746. The largest absolute Gasteiger partial charge is 0.367 e. The van der Waals surface area contributed by atoms with E-state index < -0.39 is 17.8 Å². The van der Waals surface area contributed by atoms with Gasteiger partial charge in [-0.25, -0.2) is 4.79 Å². The van der Waals surface area contributed by atoms with E-state index in [0.717, 1.165) is 31.4 Å². The average Bonchev–Trinajstić information content (AvgIpc) is 3.23. The zero-order valence-corrected chi connectivity index (χ0v) is 13.5. The number of nitrogens with one attached hydrogen (secondary N) is 1. The molecule has 1 aliphatic carbocycles. The molecule has 7 heteroatoms. The number of aromatic amines is 1. The second-order valence-corrected chi connectivity index (χ2v) is 6.36. The van der Waals surface area contributed by atoms with Crippen LogP contribution in [0.1, 0.15) is 74.8 Å². The van der Waals surface area contributed by atoms with Gasteiger partial charge in [-0.1, -0.05) is 36.5 Å². The van der Waals surface area contributed by atoms with E-state index in [1.165, 1.54) is 24.8 Å². The van der Waals surface area contributed by atoms with Crippen molar-refractivity contribution >= 4 is 17.8 Å². The molecule has 128 valence electrons. The summed E-state index contributed by atoms with van der Waals surface area (Å²) in [6.07, 6.45) is 6.77. The topological polar surface area (TPSA) is 92.4 Å². The molecule has 1 aliphatic heterocycles. The van der Waals surface area contributed by atoms with Crippen molar-refractivity contribution in [1.29, 1.82) is 0 Å². The number of H-pyrrole nitrogens is 1. The third-order valence-corrected chi connectivity index (χ3v) is 4.83. The van der Waals surface area contributed by atoms with Crippen LogP contribution in [0.15, 0.2) is 30.5 Å². The first-order valence-electron chi connectivity index (χ1n) is 8.40. The first-order valence-corrected chi connectivity index (χ1v) is 8.40. The quantitative estimate of drug-likeness (QED) is 0.868. The normalized spacial score (nSPS) is 17.7. The molecule has 0 atom stereocenters. The predicted molar refractivity (Wildman–Crippen MR) is 86.8 cm³/mol. The van der Waals surface area contributed by atoms with Crippen LogP contribution >= 0.6 is 0 Å². The van der Waals surface area contributed by atoms with Crippen LogP contribution in [0.25, 0.3) is 0 Å². The van der Waals surface area contributed by atoms with Crippen molar-refractivity contribution < 1.29 is 19.2 Å². The second-order valence-electron chi connectivity index (χ2n) is 6.36. The number of hydrogen-bond donors (Lipinski definition) is 1. The lowest BCUT2D eigenvalue weighted by molar-refractivity contribution is -0.0585. The molecule has 1 N–H and O–H groups in total. The number of hydroxylamine groups is 2. The fourth-order valence-electron chi connectivity index (χ4n) is 3.54. The van der Waals surface area contributed by atoms with E-state index in [9.17, 15) is 14.4 Å². The Hall–Kier alpha value is -2.96. The molecule has 0 spiro atoms. The summed E-state index contributed by atoms with van der Waals surface area (Å²) in [4.78, 5) is 42.3. The van der Waals surface area contributed by atoms with E-state index in [0.29, 0.717) is 5.06 Å². The molecule has 2 aliphatic rings. The van der Waals surface area contributed by atoms with Crippen LogP contribution < -0.4 is 0 Å². The standard InChI is InChI=1S/C18H17N3O4/c22-16-12-8-4-5-9-13(12)17(23)21(16)25-18(24)14-10-19-20-15(14)11-6-2-1-3-7-11/h4-5,8-11H,1-3,6-7H2,(H,19,20). The van der Waals surface area contributed by atoms with Crippen LogP contribution in [0.2, 0.25) is 0 Å². The Morgan fingerprint density at radius 1 is 1.08 bits per heavy atom. The van der Waals surface area contributed by atoms with Gasteiger partial charge >= 0.3 is 5.97 Å². The molecule has 4 rings (SSSR count). The lowest BCUT2D eigenvalue weighted by atomic mass is 9.85. The highest BCUT2D eigenvalue weighted by atomic mass is 16.7. The molecule has 1 saturated carbocycles. The highest BCUT2D eigenvalue weighted by molar-refractivity contribution is 6.21. The zero-order chi connectivity index (χ0) is 17.4. The Morgan fingerprint density at radius 3 is 2.36 bits per heavy atom. The number of imide groups is 1. The Bertz CT molecular complexity index is 817. The summed E-state index contributed by atoms with van der Waals surface area (Å²) in [5.41, 5.74) is 1.48. The van der Waals surface area contributed by atoms with Crippen LogP contribution in [-0.2, 0) is 4.84 Å². The third-order valence-electron chi connectivity index (χ3n) is 4.83. The highest BCUT2D eigenvalue weighted by Gasteiger charge is 2.39. The number of fused-ring (bicyclic) bond motifs is 1. The molecular formula is C18H17N3O4. The third kappa shape index (κ3) is 2.61. The molecule has 1 aromatic heterocycles. The maximum atomic E-state index is 12.5. The predicted octanol–water partition coefficient (Wildman–Crippen LogP) is 2.83. The molecule has 2 aromatic rings. The van der Waals surface area contributed by atoms with Gasteiger partial charge in [0.25, 0.3) is 11.8 Å². The molecule has 0 bridgehead atoms. The molecule has 0 radical (unpaired) electrons. The molecule has 0 saturated heterocycles. The Kier molecular flexibility index (Phi) is 3.83. The number of hydrogen-bond acceptors (Lipinski definition) is 5. The van der Waals surface area contributed by atoms with E-state index in [1.807, 2.05) is 0 Å². The van der Waals surface area contributed by atoms with Crippen molar-refractivity contribution in [2.24, 2.45) is 0 Å². The summed E-state index contributed by atoms with van der Waals surface area (Å²) < 4.78 is 0. The van der Waals surface area contributed by atoms with Crippen molar-refractivity contribution in [3.63, 3.8) is 0 Å². The maximum Gasteiger partial charge on any atom is 0.367 e. The Balaban J connectivity index is 1.55. The van der Waals surface area contributed by atoms with Crippen LogP contribution in [0.5, 0.6) is 0 Å². The fraction of sp³-hybridized carbons (Fsp3) is 0.333. The molecule has 0 unspecified atom stereocenters. The lowest BCUT2D eigenvalue weighted by Crippen LogP contribution is -2.33. The van der Waals surface area contributed by atoms with E-state index in [4.69, 9.17) is 4.84 Å². The number of benzene rings is 1. The summed E-state index contributed by atoms with van der Waals surface area (Å²) >= 11 is 0. The van der Waals surface area contributed by atoms with Crippen molar-refractivity contribution in [2.45, 2.75) is 38.0 Å². The van der Waals surface area contributed by atoms with Gasteiger partial charge in [-0.2, -0.15) is 5.10 Å². The number of aromatic nitrogens is 2. The average molecular weight is 339 g/mol. The number of rotatable bonds is 3. The summed E-state index contributed by atoms with van der Waals surface area (Å²) in [7, 11) is 0. The molecule has 7 nitrogen and oxygen atoms in total. The van der Waals surface area contributed by atoms with Gasteiger partial charge in [-0.05, 0) is 25.0 Å². The van der Waals surface area contributed by atoms with E-state index in [1.54, 1.807) is 12.1 Å². The number of nitrogens with zero attached hydrogens (tertiary/aromatic N) is 2. The van der Waals surface area contributed by atoms with Crippen LogP contribution in [0, 0.1) is 0 Å². The van der Waals surface area contributed by atoms with E-state index in [2.05, 4.69) is 10.2 Å². The maximum absolute atomic E-state index is 12.5. The summed E-state index contributed by atoms with van der Waals surface area (Å²) in [5, 5.41) is 7.37. The molecule has 1 fully saturated rings. The van der Waals surface area contributed by atoms with E-state index >= 15 is 0 Å². The summed E-state index contributed by atoms with van der Waals surface area (Å²) in [6.45, 7) is 0. The van der Waals surface area contributed by atoms with Gasteiger partial charge in [-0.3, -0.25) is 14.7 Å². The van der Waals surface area contributed by atoms with Crippen molar-refractivity contribution in [3.8, 4) is 0 Å². The van der Waals surface area contributed by atoms with Gasteiger partial charge in [0.05, 0.1) is 23.0 Å². The molecular weight excluding hydrogens is 322 g/mol. The summed E-state index contributed by atoms with van der Waals surface area (Å²) in [5.74, 6) is -1.78. The van der Waals surface area contributed by atoms with Gasteiger partial charge in [0.1, 0.15) is 5.56 Å². The minimum Gasteiger partial charge on any atom is -0.324 e.